The minimum Gasteiger partial charge on any atom is -0.493 e. The van der Waals surface area contributed by atoms with E-state index < -0.39 is 0 Å². The molecule has 0 aliphatic carbocycles. The molecule has 0 saturated carbocycles. The van der Waals surface area contributed by atoms with Crippen LogP contribution in [-0.4, -0.2) is 13.7 Å². The van der Waals surface area contributed by atoms with E-state index in [0.29, 0.717) is 23.6 Å². The van der Waals surface area contributed by atoms with Crippen molar-refractivity contribution in [1.82, 2.24) is 0 Å². The second-order valence-corrected chi connectivity index (χ2v) is 4.68. The van der Waals surface area contributed by atoms with Crippen LogP contribution in [0.2, 0.25) is 0 Å². The Morgan fingerprint density at radius 3 is 2.57 bits per heavy atom. The highest BCUT2D eigenvalue weighted by Gasteiger charge is 2.16. The van der Waals surface area contributed by atoms with Crippen molar-refractivity contribution in [3.8, 4) is 17.6 Å². The van der Waals surface area contributed by atoms with E-state index in [4.69, 9.17) is 20.5 Å². The van der Waals surface area contributed by atoms with E-state index in [0.717, 1.165) is 11.1 Å². The number of hydrogen-bond acceptors (Lipinski definition) is 4. The fraction of sp³-hybridized carbons (Fsp3) is 0.235. The molecule has 0 bridgehead atoms. The van der Waals surface area contributed by atoms with Gasteiger partial charge >= 0.3 is 0 Å². The number of nitrogens with zero attached hydrogens (tertiary/aromatic N) is 1. The van der Waals surface area contributed by atoms with Gasteiger partial charge in [-0.15, -0.1) is 0 Å². The van der Waals surface area contributed by atoms with Gasteiger partial charge < -0.3 is 15.2 Å². The van der Waals surface area contributed by atoms with Crippen molar-refractivity contribution in [3.05, 3.63) is 59.2 Å². The van der Waals surface area contributed by atoms with Gasteiger partial charge in [-0.25, -0.2) is 0 Å². The minimum atomic E-state index is -0.256. The summed E-state index contributed by atoms with van der Waals surface area (Å²) in [5.41, 5.74) is 8.55. The Balaban J connectivity index is 2.31. The van der Waals surface area contributed by atoms with Gasteiger partial charge in [0.1, 0.15) is 6.10 Å². The van der Waals surface area contributed by atoms with E-state index in [1.165, 1.54) is 0 Å². The van der Waals surface area contributed by atoms with Gasteiger partial charge in [0.2, 0.25) is 0 Å². The zero-order valence-corrected chi connectivity index (χ0v) is 12.2. The van der Waals surface area contributed by atoms with Gasteiger partial charge in [0.15, 0.2) is 11.5 Å². The summed E-state index contributed by atoms with van der Waals surface area (Å²) >= 11 is 0. The highest BCUT2D eigenvalue weighted by Crippen LogP contribution is 2.32. The van der Waals surface area contributed by atoms with Crippen molar-refractivity contribution in [2.75, 3.05) is 13.7 Å². The maximum absolute atomic E-state index is 8.92. The Morgan fingerprint density at radius 2 is 1.95 bits per heavy atom. The predicted octanol–water partition coefficient (Wildman–Crippen LogP) is 2.95. The smallest absolute Gasteiger partial charge is 0.162 e. The minimum absolute atomic E-state index is 0.256. The SMILES string of the molecule is COc1cc(C#N)ccc1OC(CN)c1ccccc1C. The van der Waals surface area contributed by atoms with Crippen molar-refractivity contribution in [3.63, 3.8) is 0 Å². The van der Waals surface area contributed by atoms with Crippen LogP contribution >= 0.6 is 0 Å². The van der Waals surface area contributed by atoms with Gasteiger partial charge in [-0.3, -0.25) is 0 Å². The van der Waals surface area contributed by atoms with Crippen LogP contribution < -0.4 is 15.2 Å². The standard InChI is InChI=1S/C17H18N2O2/c1-12-5-3-4-6-14(12)17(11-19)21-15-8-7-13(10-18)9-16(15)20-2/h3-9,17H,11,19H2,1-2H3. The molecule has 2 N–H and O–H groups in total. The molecule has 1 unspecified atom stereocenters. The van der Waals surface area contributed by atoms with Crippen molar-refractivity contribution in [2.45, 2.75) is 13.0 Å². The van der Waals surface area contributed by atoms with E-state index in [-0.39, 0.29) is 6.10 Å². The number of nitrogens with two attached hydrogens (primary N) is 1. The summed E-state index contributed by atoms with van der Waals surface area (Å²) in [5, 5.41) is 8.92. The molecule has 2 rings (SSSR count). The third kappa shape index (κ3) is 3.33. The fourth-order valence-electron chi connectivity index (χ4n) is 2.17. The first-order chi connectivity index (χ1) is 10.2. The lowest BCUT2D eigenvalue weighted by atomic mass is 10.0. The third-order valence-corrected chi connectivity index (χ3v) is 3.31. The van der Waals surface area contributed by atoms with Crippen LogP contribution in [0.25, 0.3) is 0 Å². The van der Waals surface area contributed by atoms with Crippen molar-refractivity contribution in [1.29, 1.82) is 5.26 Å². The van der Waals surface area contributed by atoms with Crippen molar-refractivity contribution < 1.29 is 9.47 Å². The number of hydrogen-bond donors (Lipinski definition) is 1. The van der Waals surface area contributed by atoms with Crippen LogP contribution in [0.15, 0.2) is 42.5 Å². The Kier molecular flexibility index (Phi) is 4.81. The highest BCUT2D eigenvalue weighted by molar-refractivity contribution is 5.47. The molecule has 2 aromatic rings. The maximum Gasteiger partial charge on any atom is 0.162 e. The van der Waals surface area contributed by atoms with Crippen LogP contribution in [0, 0.1) is 18.3 Å². The molecule has 0 aromatic heterocycles. The molecule has 0 aliphatic heterocycles. The van der Waals surface area contributed by atoms with E-state index in [9.17, 15) is 0 Å². The third-order valence-electron chi connectivity index (χ3n) is 3.31. The summed E-state index contributed by atoms with van der Waals surface area (Å²) in [4.78, 5) is 0. The summed E-state index contributed by atoms with van der Waals surface area (Å²) in [6.45, 7) is 2.38. The van der Waals surface area contributed by atoms with Gasteiger partial charge in [-0.05, 0) is 30.2 Å². The number of aryl methyl sites for hydroxylation is 1. The largest absolute Gasteiger partial charge is 0.493 e. The summed E-state index contributed by atoms with van der Waals surface area (Å²) in [7, 11) is 1.55. The quantitative estimate of drug-likeness (QED) is 0.915. The molecule has 0 fully saturated rings. The van der Waals surface area contributed by atoms with Gasteiger partial charge in [-0.2, -0.15) is 5.26 Å². The van der Waals surface area contributed by atoms with Crippen LogP contribution in [0.4, 0.5) is 0 Å². The normalized spacial score (nSPS) is 11.5. The Hall–Kier alpha value is -2.51. The molecular formula is C17H18N2O2. The number of ether oxygens (including phenoxy) is 2. The molecule has 21 heavy (non-hydrogen) atoms. The Labute approximate surface area is 124 Å². The van der Waals surface area contributed by atoms with Crippen LogP contribution in [0.3, 0.4) is 0 Å². The van der Waals surface area contributed by atoms with Gasteiger partial charge in [0.25, 0.3) is 0 Å². The summed E-state index contributed by atoms with van der Waals surface area (Å²) in [6.07, 6.45) is -0.256. The van der Waals surface area contributed by atoms with Crippen LogP contribution in [0.5, 0.6) is 11.5 Å². The predicted molar refractivity (Wildman–Crippen MR) is 81.3 cm³/mol. The molecule has 0 heterocycles. The number of nitriles is 1. The van der Waals surface area contributed by atoms with Gasteiger partial charge in [0.05, 0.1) is 18.7 Å². The molecule has 0 saturated heterocycles. The first-order valence-corrected chi connectivity index (χ1v) is 6.70. The summed E-state index contributed by atoms with van der Waals surface area (Å²) in [5.74, 6) is 1.11. The van der Waals surface area contributed by atoms with Crippen LogP contribution in [-0.2, 0) is 0 Å². The van der Waals surface area contributed by atoms with Crippen LogP contribution in [0.1, 0.15) is 22.8 Å². The average Bonchev–Trinajstić information content (AvgIpc) is 2.53. The first-order valence-electron chi connectivity index (χ1n) is 6.70. The van der Waals surface area contributed by atoms with E-state index in [1.54, 1.807) is 25.3 Å². The first kappa shape index (κ1) is 14.9. The zero-order valence-electron chi connectivity index (χ0n) is 12.2. The lowest BCUT2D eigenvalue weighted by molar-refractivity contribution is 0.204. The zero-order chi connectivity index (χ0) is 15.2. The molecule has 0 aliphatic rings. The number of rotatable bonds is 5. The second kappa shape index (κ2) is 6.78. The number of benzene rings is 2. The number of methoxy groups -OCH3 is 1. The van der Waals surface area contributed by atoms with E-state index in [1.807, 2.05) is 31.2 Å². The molecule has 0 amide bonds. The fourth-order valence-corrected chi connectivity index (χ4v) is 2.17. The summed E-state index contributed by atoms with van der Waals surface area (Å²) < 4.78 is 11.3. The highest BCUT2D eigenvalue weighted by atomic mass is 16.5. The molecule has 0 spiro atoms. The lowest BCUT2D eigenvalue weighted by Crippen LogP contribution is -2.19. The molecule has 0 radical (unpaired) electrons. The van der Waals surface area contributed by atoms with Gasteiger partial charge in [0, 0.05) is 12.6 Å². The molecule has 2 aromatic carbocycles. The average molecular weight is 282 g/mol. The Morgan fingerprint density at radius 1 is 1.19 bits per heavy atom. The molecule has 1 atom stereocenters. The summed E-state index contributed by atoms with van der Waals surface area (Å²) in [6, 6.07) is 15.1. The topological polar surface area (TPSA) is 68.3 Å². The monoisotopic (exact) mass is 282 g/mol. The van der Waals surface area contributed by atoms with E-state index in [2.05, 4.69) is 6.07 Å². The lowest BCUT2D eigenvalue weighted by Gasteiger charge is -2.21. The molecule has 4 nitrogen and oxygen atoms in total. The molecular weight excluding hydrogens is 264 g/mol. The molecule has 108 valence electrons. The van der Waals surface area contributed by atoms with E-state index >= 15 is 0 Å². The van der Waals surface area contributed by atoms with Crippen molar-refractivity contribution >= 4 is 0 Å². The van der Waals surface area contributed by atoms with Gasteiger partial charge in [-0.1, -0.05) is 24.3 Å². The second-order valence-electron chi connectivity index (χ2n) is 4.68. The van der Waals surface area contributed by atoms with Crippen molar-refractivity contribution in [2.24, 2.45) is 5.73 Å². The molecule has 4 heteroatoms. The maximum atomic E-state index is 8.92. The Bertz CT molecular complexity index is 662.